The van der Waals surface area contributed by atoms with Crippen LogP contribution in [0.4, 0.5) is 0 Å². The fourth-order valence-corrected chi connectivity index (χ4v) is 4.03. The lowest BCUT2D eigenvalue weighted by molar-refractivity contribution is 0.296. The standard InChI is InChI=1S/C20H29NO3SSi/c1-8-15-21(25(22,23)19-13-11-18(2)12-14-19)16-9-10-17-24-26(6,7)20(3,4)5/h1,11-14H,10,15,17H2,2-7H3. The summed E-state index contributed by atoms with van der Waals surface area (Å²) in [6.45, 7) is 13.2. The van der Waals surface area contributed by atoms with Gasteiger partial charge < -0.3 is 4.43 Å². The molecule has 142 valence electrons. The molecule has 1 aromatic rings. The topological polar surface area (TPSA) is 46.6 Å². The Morgan fingerprint density at radius 1 is 1.19 bits per heavy atom. The van der Waals surface area contributed by atoms with Crippen LogP contribution in [0, 0.1) is 31.2 Å². The van der Waals surface area contributed by atoms with Crippen LogP contribution in [0.3, 0.4) is 0 Å². The van der Waals surface area contributed by atoms with E-state index in [9.17, 15) is 8.42 Å². The van der Waals surface area contributed by atoms with Gasteiger partial charge in [0.25, 0.3) is 10.0 Å². The van der Waals surface area contributed by atoms with Crippen LogP contribution in [0.15, 0.2) is 29.2 Å². The fourth-order valence-electron chi connectivity index (χ4n) is 1.82. The summed E-state index contributed by atoms with van der Waals surface area (Å²) in [4.78, 5) is 0.185. The monoisotopic (exact) mass is 391 g/mol. The summed E-state index contributed by atoms with van der Waals surface area (Å²) >= 11 is 0. The molecule has 0 spiro atoms. The van der Waals surface area contributed by atoms with Crippen molar-refractivity contribution >= 4 is 18.3 Å². The molecular formula is C20H29NO3SSi. The number of terminal acetylenes is 1. The maximum Gasteiger partial charge on any atom is 0.271 e. The molecule has 0 radical (unpaired) electrons. The number of hydrogen-bond donors (Lipinski definition) is 0. The SMILES string of the molecule is C#CCN(C#CCCO[Si](C)(C)C(C)(C)C)S(=O)(=O)c1ccc(C)cc1. The van der Waals surface area contributed by atoms with Gasteiger partial charge in [0.05, 0.1) is 4.90 Å². The first-order chi connectivity index (χ1) is 11.9. The molecular weight excluding hydrogens is 362 g/mol. The Balaban J connectivity index is 2.83. The van der Waals surface area contributed by atoms with Crippen molar-refractivity contribution in [1.82, 2.24) is 4.31 Å². The summed E-state index contributed by atoms with van der Waals surface area (Å²) in [5.41, 5.74) is 0.987. The second-order valence-electron chi connectivity index (χ2n) is 7.68. The van der Waals surface area contributed by atoms with E-state index < -0.39 is 18.3 Å². The van der Waals surface area contributed by atoms with Crippen molar-refractivity contribution in [2.75, 3.05) is 13.2 Å². The minimum Gasteiger partial charge on any atom is -0.416 e. The van der Waals surface area contributed by atoms with Crippen LogP contribution >= 0.6 is 0 Å². The number of nitrogens with zero attached hydrogens (tertiary/aromatic N) is 1. The first-order valence-electron chi connectivity index (χ1n) is 8.57. The number of aryl methyl sites for hydroxylation is 1. The lowest BCUT2D eigenvalue weighted by Gasteiger charge is -2.35. The second kappa shape index (κ2) is 8.77. The number of sulfonamides is 1. The predicted molar refractivity (Wildman–Crippen MR) is 109 cm³/mol. The molecule has 0 unspecified atom stereocenters. The third-order valence-electron chi connectivity index (χ3n) is 4.54. The molecule has 1 rings (SSSR count). The van der Waals surface area contributed by atoms with Gasteiger partial charge in [-0.2, -0.15) is 0 Å². The van der Waals surface area contributed by atoms with Crippen molar-refractivity contribution in [1.29, 1.82) is 0 Å². The minimum atomic E-state index is -3.73. The van der Waals surface area contributed by atoms with Crippen LogP contribution in [0.1, 0.15) is 32.8 Å². The van der Waals surface area contributed by atoms with E-state index in [-0.39, 0.29) is 16.5 Å². The van der Waals surface area contributed by atoms with Gasteiger partial charge >= 0.3 is 0 Å². The molecule has 0 fully saturated rings. The van der Waals surface area contributed by atoms with Crippen LogP contribution in [-0.4, -0.2) is 34.2 Å². The third-order valence-corrected chi connectivity index (χ3v) is 10.8. The molecule has 0 bridgehead atoms. The van der Waals surface area contributed by atoms with Gasteiger partial charge in [0.2, 0.25) is 0 Å². The predicted octanol–water partition coefficient (Wildman–Crippen LogP) is 3.99. The van der Waals surface area contributed by atoms with E-state index in [1.807, 2.05) is 6.92 Å². The van der Waals surface area contributed by atoms with Crippen molar-refractivity contribution in [2.24, 2.45) is 0 Å². The molecule has 0 aliphatic carbocycles. The van der Waals surface area contributed by atoms with E-state index in [0.29, 0.717) is 13.0 Å². The molecule has 4 nitrogen and oxygen atoms in total. The van der Waals surface area contributed by atoms with Crippen LogP contribution in [0.5, 0.6) is 0 Å². The Bertz CT molecular complexity index is 804. The van der Waals surface area contributed by atoms with Gasteiger partial charge in [-0.3, -0.25) is 0 Å². The lowest BCUT2D eigenvalue weighted by Crippen LogP contribution is -2.40. The van der Waals surface area contributed by atoms with Gasteiger partial charge in [-0.05, 0) is 37.2 Å². The van der Waals surface area contributed by atoms with Gasteiger partial charge in [-0.1, -0.05) is 50.3 Å². The highest BCUT2D eigenvalue weighted by molar-refractivity contribution is 7.89. The highest BCUT2D eigenvalue weighted by atomic mass is 32.2. The van der Waals surface area contributed by atoms with Crippen LogP contribution in [-0.2, 0) is 14.4 Å². The van der Waals surface area contributed by atoms with E-state index >= 15 is 0 Å². The van der Waals surface area contributed by atoms with Crippen molar-refractivity contribution in [3.63, 3.8) is 0 Å². The van der Waals surface area contributed by atoms with Crippen molar-refractivity contribution in [2.45, 2.75) is 57.1 Å². The molecule has 0 N–H and O–H groups in total. The Hall–Kier alpha value is -1.73. The highest BCUT2D eigenvalue weighted by Crippen LogP contribution is 2.36. The van der Waals surface area contributed by atoms with Crippen molar-refractivity contribution < 1.29 is 12.8 Å². The molecule has 0 aliphatic rings. The second-order valence-corrected chi connectivity index (χ2v) is 14.3. The smallest absolute Gasteiger partial charge is 0.271 e. The fraction of sp³-hybridized carbons (Fsp3) is 0.500. The van der Waals surface area contributed by atoms with Crippen LogP contribution in [0.25, 0.3) is 0 Å². The molecule has 0 saturated carbocycles. The van der Waals surface area contributed by atoms with Crippen LogP contribution in [0.2, 0.25) is 18.1 Å². The van der Waals surface area contributed by atoms with Gasteiger partial charge in [0.15, 0.2) is 8.32 Å². The first kappa shape index (κ1) is 22.3. The summed E-state index contributed by atoms with van der Waals surface area (Å²) in [6.07, 6.45) is 5.78. The summed E-state index contributed by atoms with van der Waals surface area (Å²) in [5.74, 6) is 5.24. The Morgan fingerprint density at radius 3 is 2.27 bits per heavy atom. The average molecular weight is 392 g/mol. The Kier molecular flexibility index (Phi) is 7.53. The largest absolute Gasteiger partial charge is 0.416 e. The molecule has 0 aliphatic heterocycles. The Labute approximate surface area is 160 Å². The van der Waals surface area contributed by atoms with E-state index in [0.717, 1.165) is 9.87 Å². The molecule has 1 aromatic carbocycles. The maximum atomic E-state index is 12.7. The molecule has 6 heteroatoms. The van der Waals surface area contributed by atoms with Crippen LogP contribution < -0.4 is 0 Å². The van der Waals surface area contributed by atoms with Gasteiger partial charge in [0, 0.05) is 19.1 Å². The zero-order valence-electron chi connectivity index (χ0n) is 16.6. The highest BCUT2D eigenvalue weighted by Gasteiger charge is 2.36. The van der Waals surface area contributed by atoms with E-state index in [2.05, 4.69) is 51.8 Å². The van der Waals surface area contributed by atoms with E-state index in [1.54, 1.807) is 24.3 Å². The molecule has 0 aromatic heterocycles. The quantitative estimate of drug-likeness (QED) is 0.319. The van der Waals surface area contributed by atoms with Gasteiger partial charge in [0.1, 0.15) is 6.54 Å². The molecule has 26 heavy (non-hydrogen) atoms. The molecule has 0 heterocycles. The molecule has 0 atom stereocenters. The van der Waals surface area contributed by atoms with E-state index in [4.69, 9.17) is 10.8 Å². The zero-order valence-corrected chi connectivity index (χ0v) is 18.4. The van der Waals surface area contributed by atoms with E-state index in [1.165, 1.54) is 0 Å². The van der Waals surface area contributed by atoms with Gasteiger partial charge in [-0.25, -0.2) is 12.7 Å². The summed E-state index contributed by atoms with van der Waals surface area (Å²) in [6, 6.07) is 9.32. The number of hydrogen-bond acceptors (Lipinski definition) is 3. The summed E-state index contributed by atoms with van der Waals surface area (Å²) < 4.78 is 32.4. The maximum absolute atomic E-state index is 12.7. The lowest BCUT2D eigenvalue weighted by atomic mass is 10.2. The average Bonchev–Trinajstić information content (AvgIpc) is 2.52. The minimum absolute atomic E-state index is 0.0910. The third kappa shape index (κ3) is 5.91. The molecule has 0 saturated heterocycles. The van der Waals surface area contributed by atoms with Crippen molar-refractivity contribution in [3.8, 4) is 24.3 Å². The summed E-state index contributed by atoms with van der Waals surface area (Å²) in [5, 5.41) is 0.130. The molecule has 0 amide bonds. The zero-order chi connectivity index (χ0) is 20.0. The number of rotatable bonds is 6. The number of benzene rings is 1. The van der Waals surface area contributed by atoms with Gasteiger partial charge in [-0.15, -0.1) is 6.42 Å². The van der Waals surface area contributed by atoms with Crippen molar-refractivity contribution in [3.05, 3.63) is 29.8 Å². The normalized spacial score (nSPS) is 12.0. The first-order valence-corrected chi connectivity index (χ1v) is 12.9. The summed E-state index contributed by atoms with van der Waals surface area (Å²) in [7, 11) is -5.56. The Morgan fingerprint density at radius 2 is 1.77 bits per heavy atom.